The van der Waals surface area contributed by atoms with Crippen LogP contribution in [-0.4, -0.2) is 36.4 Å². The first-order valence-electron chi connectivity index (χ1n) is 5.79. The molecule has 0 bridgehead atoms. The summed E-state index contributed by atoms with van der Waals surface area (Å²) >= 11 is 0. The summed E-state index contributed by atoms with van der Waals surface area (Å²) in [5.41, 5.74) is 0.826. The van der Waals surface area contributed by atoms with Crippen LogP contribution in [0.5, 0.6) is 0 Å². The molecule has 0 aliphatic carbocycles. The molecule has 0 radical (unpaired) electrons. The third-order valence-corrected chi connectivity index (χ3v) is 6.35. The quantitative estimate of drug-likeness (QED) is 0.892. The standard InChI is InChI=1S/C12H17NO3S2/c1-9(17(2)14)7-13-11-8-18(15,16)12-6-4-3-5-10(11)12/h3-6,9,11,13H,7-8H2,1-2H3. The number of hydrogen-bond donors (Lipinski definition) is 1. The van der Waals surface area contributed by atoms with Crippen molar-refractivity contribution < 1.29 is 12.6 Å². The molecule has 1 aliphatic rings. The van der Waals surface area contributed by atoms with Crippen LogP contribution in [0.2, 0.25) is 0 Å². The van der Waals surface area contributed by atoms with E-state index in [1.54, 1.807) is 18.4 Å². The Bertz CT molecular complexity index is 568. The molecule has 1 aromatic rings. The molecule has 3 unspecified atom stereocenters. The van der Waals surface area contributed by atoms with Crippen molar-refractivity contribution >= 4 is 20.6 Å². The van der Waals surface area contributed by atoms with Crippen molar-refractivity contribution in [3.8, 4) is 0 Å². The van der Waals surface area contributed by atoms with Gasteiger partial charge in [-0.3, -0.25) is 4.21 Å². The third-order valence-electron chi connectivity index (χ3n) is 3.23. The van der Waals surface area contributed by atoms with Crippen molar-refractivity contribution in [3.63, 3.8) is 0 Å². The molecule has 0 amide bonds. The van der Waals surface area contributed by atoms with Crippen molar-refractivity contribution in [3.05, 3.63) is 29.8 Å². The van der Waals surface area contributed by atoms with Crippen LogP contribution in [0, 0.1) is 0 Å². The molecule has 2 rings (SSSR count). The molecule has 0 saturated carbocycles. The Labute approximate surface area is 110 Å². The van der Waals surface area contributed by atoms with Crippen LogP contribution in [0.25, 0.3) is 0 Å². The Balaban J connectivity index is 2.16. The van der Waals surface area contributed by atoms with Crippen molar-refractivity contribution in [1.82, 2.24) is 5.32 Å². The first-order chi connectivity index (χ1) is 8.42. The molecule has 1 aromatic carbocycles. The van der Waals surface area contributed by atoms with E-state index in [0.717, 1.165) is 5.56 Å². The number of benzene rings is 1. The predicted molar refractivity (Wildman–Crippen MR) is 72.8 cm³/mol. The van der Waals surface area contributed by atoms with Gasteiger partial charge in [-0.05, 0) is 18.6 Å². The molecular weight excluding hydrogens is 270 g/mol. The Morgan fingerprint density at radius 1 is 1.44 bits per heavy atom. The Hall–Kier alpha value is -0.720. The molecular formula is C12H17NO3S2. The zero-order valence-corrected chi connectivity index (χ0v) is 12.1. The van der Waals surface area contributed by atoms with E-state index in [0.29, 0.717) is 11.4 Å². The van der Waals surface area contributed by atoms with Gasteiger partial charge in [-0.2, -0.15) is 0 Å². The molecule has 6 heteroatoms. The molecule has 100 valence electrons. The highest BCUT2D eigenvalue weighted by Crippen LogP contribution is 2.32. The van der Waals surface area contributed by atoms with Crippen molar-refractivity contribution in [1.29, 1.82) is 0 Å². The average Bonchev–Trinajstić information content (AvgIpc) is 2.59. The summed E-state index contributed by atoms with van der Waals surface area (Å²) in [6, 6.07) is 6.88. The van der Waals surface area contributed by atoms with Gasteiger partial charge in [0.25, 0.3) is 0 Å². The van der Waals surface area contributed by atoms with Crippen LogP contribution in [0.3, 0.4) is 0 Å². The minimum Gasteiger partial charge on any atom is -0.308 e. The average molecular weight is 287 g/mol. The summed E-state index contributed by atoms with van der Waals surface area (Å²) in [4.78, 5) is 0.424. The lowest BCUT2D eigenvalue weighted by atomic mass is 10.1. The maximum Gasteiger partial charge on any atom is 0.180 e. The van der Waals surface area contributed by atoms with Crippen molar-refractivity contribution in [2.45, 2.75) is 23.1 Å². The van der Waals surface area contributed by atoms with Crippen molar-refractivity contribution in [2.24, 2.45) is 0 Å². The van der Waals surface area contributed by atoms with Gasteiger partial charge in [0.05, 0.1) is 10.6 Å². The normalized spacial score (nSPS) is 24.4. The van der Waals surface area contributed by atoms with E-state index in [9.17, 15) is 12.6 Å². The zero-order valence-electron chi connectivity index (χ0n) is 10.4. The van der Waals surface area contributed by atoms with Gasteiger partial charge in [0.1, 0.15) is 0 Å². The molecule has 3 atom stereocenters. The molecule has 1 N–H and O–H groups in total. The summed E-state index contributed by atoms with van der Waals surface area (Å²) in [5.74, 6) is 0.0927. The van der Waals surface area contributed by atoms with Gasteiger partial charge in [0.2, 0.25) is 0 Å². The smallest absolute Gasteiger partial charge is 0.180 e. The topological polar surface area (TPSA) is 63.2 Å². The maximum absolute atomic E-state index is 11.9. The van der Waals surface area contributed by atoms with Gasteiger partial charge in [-0.1, -0.05) is 18.2 Å². The van der Waals surface area contributed by atoms with Crippen LogP contribution in [0.4, 0.5) is 0 Å². The van der Waals surface area contributed by atoms with E-state index in [1.807, 2.05) is 19.1 Å². The molecule has 0 saturated heterocycles. The highest BCUT2D eigenvalue weighted by atomic mass is 32.2. The van der Waals surface area contributed by atoms with Crippen molar-refractivity contribution in [2.75, 3.05) is 18.6 Å². The van der Waals surface area contributed by atoms with Gasteiger partial charge in [0, 0.05) is 34.9 Å². The number of hydrogen-bond acceptors (Lipinski definition) is 4. The monoisotopic (exact) mass is 287 g/mol. The number of nitrogens with one attached hydrogen (secondary N) is 1. The first-order valence-corrected chi connectivity index (χ1v) is 9.06. The molecule has 0 aromatic heterocycles. The first kappa shape index (κ1) is 13.7. The van der Waals surface area contributed by atoms with Gasteiger partial charge < -0.3 is 5.32 Å². The van der Waals surface area contributed by atoms with E-state index in [-0.39, 0.29) is 17.0 Å². The van der Waals surface area contributed by atoms with E-state index in [4.69, 9.17) is 0 Å². The van der Waals surface area contributed by atoms with Crippen LogP contribution in [-0.2, 0) is 20.6 Å². The lowest BCUT2D eigenvalue weighted by Gasteiger charge is -2.15. The summed E-state index contributed by atoms with van der Waals surface area (Å²) in [6.07, 6.45) is 1.66. The van der Waals surface area contributed by atoms with Crippen LogP contribution >= 0.6 is 0 Å². The van der Waals surface area contributed by atoms with Gasteiger partial charge in [-0.15, -0.1) is 0 Å². The second-order valence-corrected chi connectivity index (χ2v) is 8.39. The van der Waals surface area contributed by atoms with Gasteiger partial charge >= 0.3 is 0 Å². The Morgan fingerprint density at radius 3 is 2.78 bits per heavy atom. The number of sulfone groups is 1. The molecule has 4 nitrogen and oxygen atoms in total. The molecule has 0 fully saturated rings. The highest BCUT2D eigenvalue weighted by Gasteiger charge is 2.34. The van der Waals surface area contributed by atoms with Gasteiger partial charge in [-0.25, -0.2) is 8.42 Å². The van der Waals surface area contributed by atoms with E-state index in [1.165, 1.54) is 0 Å². The fourth-order valence-electron chi connectivity index (χ4n) is 2.05. The van der Waals surface area contributed by atoms with Crippen LogP contribution < -0.4 is 5.32 Å². The largest absolute Gasteiger partial charge is 0.308 e. The van der Waals surface area contributed by atoms with E-state index < -0.39 is 20.6 Å². The van der Waals surface area contributed by atoms with E-state index in [2.05, 4.69) is 5.32 Å². The second kappa shape index (κ2) is 5.11. The summed E-state index contributed by atoms with van der Waals surface area (Å²) in [5, 5.41) is 3.22. The molecule has 18 heavy (non-hydrogen) atoms. The van der Waals surface area contributed by atoms with Gasteiger partial charge in [0.15, 0.2) is 9.84 Å². The van der Waals surface area contributed by atoms with E-state index >= 15 is 0 Å². The predicted octanol–water partition coefficient (Wildman–Crippen LogP) is 0.872. The SMILES string of the molecule is CC(CNC1CS(=O)(=O)c2ccccc21)S(C)=O. The Kier molecular flexibility index (Phi) is 3.89. The fraction of sp³-hybridized carbons (Fsp3) is 0.500. The lowest BCUT2D eigenvalue weighted by Crippen LogP contribution is -2.31. The fourth-order valence-corrected chi connectivity index (χ4v) is 4.15. The minimum absolute atomic E-state index is 0.0143. The van der Waals surface area contributed by atoms with Crippen LogP contribution in [0.15, 0.2) is 29.2 Å². The highest BCUT2D eigenvalue weighted by molar-refractivity contribution is 7.91. The third kappa shape index (κ3) is 2.65. The zero-order chi connectivity index (χ0) is 13.3. The van der Waals surface area contributed by atoms with Crippen LogP contribution in [0.1, 0.15) is 18.5 Å². The molecule has 1 aliphatic heterocycles. The maximum atomic E-state index is 11.9. The minimum atomic E-state index is -3.16. The Morgan fingerprint density at radius 2 is 2.11 bits per heavy atom. The number of rotatable bonds is 4. The number of fused-ring (bicyclic) bond motifs is 1. The lowest BCUT2D eigenvalue weighted by molar-refractivity contribution is 0.563. The summed E-state index contributed by atoms with van der Waals surface area (Å²) in [6.45, 7) is 2.44. The second-order valence-electron chi connectivity index (χ2n) is 4.59. The molecule has 0 spiro atoms. The molecule has 1 heterocycles. The summed E-state index contributed by atoms with van der Waals surface area (Å²) < 4.78 is 35.2. The summed E-state index contributed by atoms with van der Waals surface area (Å²) in [7, 11) is -4.06.